The molecule has 0 fully saturated rings. The van der Waals surface area contributed by atoms with Gasteiger partial charge in [-0.1, -0.05) is 47.5 Å². The molecule has 1 aliphatic rings. The maximum atomic E-state index is 12.6. The van der Waals surface area contributed by atoms with Gasteiger partial charge in [0.2, 0.25) is 5.91 Å². The molecule has 2 atom stereocenters. The normalized spacial score (nSPS) is 18.1. The second kappa shape index (κ2) is 7.55. The number of hydrogen-bond donors (Lipinski definition) is 2. The Bertz CT molecular complexity index is 907. The van der Waals surface area contributed by atoms with Crippen LogP contribution < -0.4 is 5.32 Å². The first-order valence-corrected chi connectivity index (χ1v) is 8.98. The minimum atomic E-state index is -2.14. The molecule has 6 heteroatoms. The highest BCUT2D eigenvalue weighted by molar-refractivity contribution is 6.30. The van der Waals surface area contributed by atoms with Crippen LogP contribution in [0.4, 0.5) is 5.69 Å². The molecular weight excluding hydrogens is 366 g/mol. The van der Waals surface area contributed by atoms with Gasteiger partial charge in [0.1, 0.15) is 5.92 Å². The van der Waals surface area contributed by atoms with Crippen LogP contribution in [0.5, 0.6) is 0 Å². The molecule has 0 saturated carbocycles. The van der Waals surface area contributed by atoms with E-state index in [4.69, 9.17) is 16.3 Å². The molecule has 2 aromatic carbocycles. The van der Waals surface area contributed by atoms with Gasteiger partial charge in [-0.3, -0.25) is 4.79 Å². The summed E-state index contributed by atoms with van der Waals surface area (Å²) in [5, 5.41) is 14.6. The Morgan fingerprint density at radius 3 is 2.67 bits per heavy atom. The Kier molecular flexibility index (Phi) is 5.35. The lowest BCUT2D eigenvalue weighted by Crippen LogP contribution is -2.46. The number of nitrogens with one attached hydrogen (secondary N) is 1. The van der Waals surface area contributed by atoms with Crippen LogP contribution in [0.1, 0.15) is 29.5 Å². The molecular formula is C21H20ClNO4. The van der Waals surface area contributed by atoms with Crippen LogP contribution in [0, 0.1) is 6.92 Å². The number of aryl methyl sites for hydroxylation is 1. The lowest BCUT2D eigenvalue weighted by Gasteiger charge is -2.27. The van der Waals surface area contributed by atoms with Crippen LogP contribution in [0.25, 0.3) is 6.08 Å². The number of fused-ring (bicyclic) bond motifs is 1. The average molecular weight is 386 g/mol. The summed E-state index contributed by atoms with van der Waals surface area (Å²) in [7, 11) is 0. The third kappa shape index (κ3) is 3.75. The fraction of sp³-hybridized carbons (Fsp3) is 0.238. The third-order valence-corrected chi connectivity index (χ3v) is 4.73. The minimum absolute atomic E-state index is 0.0882. The van der Waals surface area contributed by atoms with Crippen molar-refractivity contribution < 1.29 is 19.4 Å². The van der Waals surface area contributed by atoms with Crippen LogP contribution in [-0.4, -0.2) is 29.2 Å². The number of carbonyl (C=O) groups is 2. The second-order valence-corrected chi connectivity index (χ2v) is 6.88. The summed E-state index contributed by atoms with van der Waals surface area (Å²) in [6, 6.07) is 12.3. The highest BCUT2D eigenvalue weighted by Gasteiger charge is 2.51. The number of anilines is 1. The Balaban J connectivity index is 2.06. The minimum Gasteiger partial charge on any atom is -0.464 e. The van der Waals surface area contributed by atoms with Gasteiger partial charge >= 0.3 is 5.97 Å². The molecule has 0 aromatic heterocycles. The summed E-state index contributed by atoms with van der Waals surface area (Å²) in [5.74, 6) is -2.42. The summed E-state index contributed by atoms with van der Waals surface area (Å²) in [5.41, 5.74) is 0.654. The molecule has 5 nitrogen and oxygen atoms in total. The zero-order chi connectivity index (χ0) is 19.6. The van der Waals surface area contributed by atoms with Gasteiger partial charge in [0.05, 0.1) is 6.61 Å². The van der Waals surface area contributed by atoms with E-state index >= 15 is 0 Å². The Morgan fingerprint density at radius 2 is 2.00 bits per heavy atom. The molecule has 3 rings (SSSR count). The standard InChI is InChI=1S/C21H20ClNO4/c1-3-27-20(25)21(26,11-10-14-5-7-15(22)8-6-14)18-16-12-13(2)4-9-17(16)23-19(18)24/h4-12,18,26H,3H2,1-2H3,(H,23,24)/b11-10+. The SMILES string of the molecule is CCOC(=O)C(O)(/C=C/c1ccc(Cl)cc1)C1C(=O)Nc2ccc(C)cc21. The maximum absolute atomic E-state index is 12.6. The number of ether oxygens (including phenoxy) is 1. The molecule has 140 valence electrons. The molecule has 2 aromatic rings. The Hall–Kier alpha value is -2.63. The number of rotatable bonds is 5. The van der Waals surface area contributed by atoms with Crippen molar-refractivity contribution in [2.75, 3.05) is 11.9 Å². The lowest BCUT2D eigenvalue weighted by atomic mass is 9.81. The fourth-order valence-corrected chi connectivity index (χ4v) is 3.27. The van der Waals surface area contributed by atoms with E-state index in [2.05, 4.69) is 5.32 Å². The second-order valence-electron chi connectivity index (χ2n) is 6.44. The largest absolute Gasteiger partial charge is 0.464 e. The van der Waals surface area contributed by atoms with Gasteiger partial charge < -0.3 is 15.2 Å². The fourth-order valence-electron chi connectivity index (χ4n) is 3.14. The molecule has 1 aliphatic heterocycles. The van der Waals surface area contributed by atoms with Crippen molar-refractivity contribution >= 4 is 35.2 Å². The molecule has 0 spiro atoms. The quantitative estimate of drug-likeness (QED) is 0.769. The van der Waals surface area contributed by atoms with Crippen molar-refractivity contribution in [3.63, 3.8) is 0 Å². The van der Waals surface area contributed by atoms with E-state index in [1.165, 1.54) is 6.08 Å². The molecule has 0 radical (unpaired) electrons. The summed E-state index contributed by atoms with van der Waals surface area (Å²) < 4.78 is 5.08. The predicted molar refractivity (Wildman–Crippen MR) is 105 cm³/mol. The van der Waals surface area contributed by atoms with Crippen LogP contribution in [0.15, 0.2) is 48.5 Å². The first kappa shape index (κ1) is 19.1. The number of halogens is 1. The summed E-state index contributed by atoms with van der Waals surface area (Å²) in [4.78, 5) is 25.3. The van der Waals surface area contributed by atoms with E-state index < -0.39 is 23.4 Å². The van der Waals surface area contributed by atoms with Crippen molar-refractivity contribution in [3.8, 4) is 0 Å². The van der Waals surface area contributed by atoms with E-state index in [1.807, 2.05) is 13.0 Å². The molecule has 0 bridgehead atoms. The number of benzene rings is 2. The van der Waals surface area contributed by atoms with Crippen molar-refractivity contribution in [2.45, 2.75) is 25.4 Å². The Morgan fingerprint density at radius 1 is 1.30 bits per heavy atom. The summed E-state index contributed by atoms with van der Waals surface area (Å²) in [6.45, 7) is 3.62. The predicted octanol–water partition coefficient (Wildman–Crippen LogP) is 3.69. The lowest BCUT2D eigenvalue weighted by molar-refractivity contribution is -0.163. The summed E-state index contributed by atoms with van der Waals surface area (Å²) >= 11 is 5.89. The zero-order valence-electron chi connectivity index (χ0n) is 15.0. The van der Waals surface area contributed by atoms with E-state index in [1.54, 1.807) is 49.4 Å². The number of aliphatic hydroxyl groups is 1. The molecule has 0 aliphatic carbocycles. The first-order valence-electron chi connectivity index (χ1n) is 8.61. The topological polar surface area (TPSA) is 75.6 Å². The zero-order valence-corrected chi connectivity index (χ0v) is 15.8. The molecule has 2 unspecified atom stereocenters. The molecule has 1 amide bonds. The molecule has 27 heavy (non-hydrogen) atoms. The van der Waals surface area contributed by atoms with Crippen LogP contribution in [0.2, 0.25) is 5.02 Å². The number of carbonyl (C=O) groups excluding carboxylic acids is 2. The highest BCUT2D eigenvalue weighted by atomic mass is 35.5. The van der Waals surface area contributed by atoms with Crippen LogP contribution in [0.3, 0.4) is 0 Å². The molecule has 2 N–H and O–H groups in total. The smallest absolute Gasteiger partial charge is 0.343 e. The van der Waals surface area contributed by atoms with E-state index in [0.29, 0.717) is 16.3 Å². The van der Waals surface area contributed by atoms with Crippen LogP contribution in [-0.2, 0) is 14.3 Å². The summed E-state index contributed by atoms with van der Waals surface area (Å²) in [6.07, 6.45) is 2.89. The molecule has 1 heterocycles. The number of hydrogen-bond acceptors (Lipinski definition) is 4. The van der Waals surface area contributed by atoms with E-state index in [0.717, 1.165) is 11.1 Å². The van der Waals surface area contributed by atoms with E-state index in [9.17, 15) is 14.7 Å². The Labute approximate surface area is 162 Å². The van der Waals surface area contributed by atoms with Gasteiger partial charge in [-0.05, 0) is 49.2 Å². The van der Waals surface area contributed by atoms with Crippen molar-refractivity contribution in [1.82, 2.24) is 0 Å². The average Bonchev–Trinajstić information content (AvgIpc) is 2.96. The van der Waals surface area contributed by atoms with Gasteiger partial charge in [-0.25, -0.2) is 4.79 Å². The van der Waals surface area contributed by atoms with Crippen molar-refractivity contribution in [1.29, 1.82) is 0 Å². The molecule has 0 saturated heterocycles. The first-order chi connectivity index (χ1) is 12.8. The third-order valence-electron chi connectivity index (χ3n) is 4.48. The number of amides is 1. The highest BCUT2D eigenvalue weighted by Crippen LogP contribution is 2.41. The van der Waals surface area contributed by atoms with Crippen LogP contribution >= 0.6 is 11.6 Å². The van der Waals surface area contributed by atoms with Gasteiger partial charge in [0, 0.05) is 10.7 Å². The number of esters is 1. The van der Waals surface area contributed by atoms with Crippen molar-refractivity contribution in [3.05, 3.63) is 70.3 Å². The van der Waals surface area contributed by atoms with Gasteiger partial charge in [-0.15, -0.1) is 0 Å². The van der Waals surface area contributed by atoms with E-state index in [-0.39, 0.29) is 6.61 Å². The van der Waals surface area contributed by atoms with Gasteiger partial charge in [0.25, 0.3) is 0 Å². The van der Waals surface area contributed by atoms with Gasteiger partial charge in [-0.2, -0.15) is 0 Å². The monoisotopic (exact) mass is 385 g/mol. The van der Waals surface area contributed by atoms with Gasteiger partial charge in [0.15, 0.2) is 5.60 Å². The maximum Gasteiger partial charge on any atom is 0.343 e. The van der Waals surface area contributed by atoms with Crippen molar-refractivity contribution in [2.24, 2.45) is 0 Å².